The summed E-state index contributed by atoms with van der Waals surface area (Å²) in [6.45, 7) is 1.93. The Morgan fingerprint density at radius 1 is 1.26 bits per heavy atom. The van der Waals surface area contributed by atoms with Crippen molar-refractivity contribution in [2.24, 2.45) is 0 Å². The van der Waals surface area contributed by atoms with Crippen LogP contribution < -0.4 is 10.0 Å². The third-order valence-corrected chi connectivity index (χ3v) is 5.78. The third kappa shape index (κ3) is 5.36. The van der Waals surface area contributed by atoms with Crippen LogP contribution in [0.4, 0.5) is 5.13 Å². The van der Waals surface area contributed by atoms with Gasteiger partial charge in [0, 0.05) is 11.5 Å². The molecule has 0 spiro atoms. The molecule has 0 aliphatic rings. The number of hydrogen-bond donors (Lipinski definition) is 2. The highest BCUT2D eigenvalue weighted by Crippen LogP contribution is 2.15. The molecule has 0 aliphatic heterocycles. The van der Waals surface area contributed by atoms with Crippen molar-refractivity contribution in [1.82, 2.24) is 9.71 Å². The summed E-state index contributed by atoms with van der Waals surface area (Å²) in [4.78, 5) is 16.2. The van der Waals surface area contributed by atoms with Crippen LogP contribution in [0.25, 0.3) is 6.08 Å². The lowest BCUT2D eigenvalue weighted by molar-refractivity contribution is -0.111. The van der Waals surface area contributed by atoms with Gasteiger partial charge in [-0.1, -0.05) is 12.1 Å². The van der Waals surface area contributed by atoms with Gasteiger partial charge in [0.25, 0.3) is 0 Å². The Labute approximate surface area is 160 Å². The van der Waals surface area contributed by atoms with Gasteiger partial charge in [0.05, 0.1) is 23.4 Å². The fourth-order valence-electron chi connectivity index (χ4n) is 2.15. The first-order chi connectivity index (χ1) is 12.9. The second-order valence-corrected chi connectivity index (χ2v) is 8.21. The Morgan fingerprint density at radius 3 is 2.67 bits per heavy atom. The highest BCUT2D eigenvalue weighted by molar-refractivity contribution is 7.89. The third-order valence-electron chi connectivity index (χ3n) is 3.48. The first-order valence-corrected chi connectivity index (χ1v) is 10.3. The van der Waals surface area contributed by atoms with E-state index in [4.69, 9.17) is 4.42 Å². The number of carbonyl (C=O) groups excluding carboxylic acids is 1. The van der Waals surface area contributed by atoms with Crippen molar-refractivity contribution in [2.45, 2.75) is 18.4 Å². The maximum atomic E-state index is 12.3. The molecule has 0 radical (unpaired) electrons. The van der Waals surface area contributed by atoms with Gasteiger partial charge >= 0.3 is 0 Å². The molecule has 9 heteroatoms. The number of furan rings is 1. The summed E-state index contributed by atoms with van der Waals surface area (Å²) >= 11 is 1.35. The van der Waals surface area contributed by atoms with Gasteiger partial charge < -0.3 is 4.42 Å². The summed E-state index contributed by atoms with van der Waals surface area (Å²) in [5.41, 5.74) is 1.54. The number of nitrogens with zero attached hydrogens (tertiary/aromatic N) is 1. The Bertz CT molecular complexity index is 1040. The van der Waals surface area contributed by atoms with E-state index in [0.717, 1.165) is 5.69 Å². The number of anilines is 1. The maximum Gasteiger partial charge on any atom is 0.250 e. The molecule has 27 heavy (non-hydrogen) atoms. The van der Waals surface area contributed by atoms with E-state index in [9.17, 15) is 13.2 Å². The Hall–Kier alpha value is -2.75. The molecule has 0 aliphatic carbocycles. The van der Waals surface area contributed by atoms with E-state index in [1.807, 2.05) is 12.3 Å². The lowest BCUT2D eigenvalue weighted by Gasteiger charge is -2.05. The predicted molar refractivity (Wildman–Crippen MR) is 104 cm³/mol. The molecule has 2 heterocycles. The van der Waals surface area contributed by atoms with Crippen LogP contribution in [0.2, 0.25) is 0 Å². The first kappa shape index (κ1) is 19.0. The zero-order valence-electron chi connectivity index (χ0n) is 14.4. The number of aromatic nitrogens is 1. The van der Waals surface area contributed by atoms with E-state index in [0.29, 0.717) is 16.5 Å². The smallest absolute Gasteiger partial charge is 0.250 e. The van der Waals surface area contributed by atoms with Crippen LogP contribution in [-0.4, -0.2) is 19.3 Å². The number of benzene rings is 1. The summed E-state index contributed by atoms with van der Waals surface area (Å²) in [6, 6.07) is 9.58. The second kappa shape index (κ2) is 8.30. The lowest BCUT2D eigenvalue weighted by Crippen LogP contribution is -2.22. The minimum Gasteiger partial charge on any atom is -0.468 e. The fourth-order valence-corrected chi connectivity index (χ4v) is 3.84. The Balaban J connectivity index is 1.59. The number of thiazole rings is 1. The Kier molecular flexibility index (Phi) is 5.84. The zero-order valence-corrected chi connectivity index (χ0v) is 16.0. The number of hydrogen-bond acceptors (Lipinski definition) is 6. The van der Waals surface area contributed by atoms with Gasteiger partial charge in [0.15, 0.2) is 5.13 Å². The second-order valence-electron chi connectivity index (χ2n) is 5.59. The standard InChI is InChI=1S/C18H17N3O4S2/c1-13-12-26-18(20-13)21-17(22)9-6-14-4-7-16(8-5-14)27(23,24)19-11-15-3-2-10-25-15/h2-10,12,19H,11H2,1H3,(H,20,21,22)/b9-6+. The molecule has 1 aromatic carbocycles. The number of amides is 1. The molecule has 3 aromatic rings. The SMILES string of the molecule is Cc1csc(NC(=O)/C=C/c2ccc(S(=O)(=O)NCc3ccco3)cc2)n1. The fraction of sp³-hybridized carbons (Fsp3) is 0.111. The minimum atomic E-state index is -3.64. The summed E-state index contributed by atoms with van der Waals surface area (Å²) in [5, 5.41) is 5.04. The van der Waals surface area contributed by atoms with Gasteiger partial charge in [-0.2, -0.15) is 0 Å². The molecule has 0 saturated carbocycles. The summed E-state index contributed by atoms with van der Waals surface area (Å²) < 4.78 is 32.1. The highest BCUT2D eigenvalue weighted by atomic mass is 32.2. The lowest BCUT2D eigenvalue weighted by atomic mass is 10.2. The summed E-state index contributed by atoms with van der Waals surface area (Å²) in [7, 11) is -3.64. The molecule has 0 unspecified atom stereocenters. The van der Waals surface area contributed by atoms with Crippen molar-refractivity contribution in [3.05, 3.63) is 71.1 Å². The molecule has 140 valence electrons. The number of carbonyl (C=O) groups is 1. The monoisotopic (exact) mass is 403 g/mol. The van der Waals surface area contributed by atoms with Crippen LogP contribution >= 0.6 is 11.3 Å². The molecule has 0 atom stereocenters. The van der Waals surface area contributed by atoms with Gasteiger partial charge in [-0.25, -0.2) is 18.1 Å². The van der Waals surface area contributed by atoms with Gasteiger partial charge in [-0.3, -0.25) is 10.1 Å². The number of rotatable bonds is 7. The topological polar surface area (TPSA) is 101 Å². The highest BCUT2D eigenvalue weighted by Gasteiger charge is 2.14. The van der Waals surface area contributed by atoms with E-state index < -0.39 is 10.0 Å². The quantitative estimate of drug-likeness (QED) is 0.590. The van der Waals surface area contributed by atoms with Crippen molar-refractivity contribution in [2.75, 3.05) is 5.32 Å². The van der Waals surface area contributed by atoms with Crippen LogP contribution in [-0.2, 0) is 21.4 Å². The predicted octanol–water partition coefficient (Wildman–Crippen LogP) is 3.17. The number of nitrogens with one attached hydrogen (secondary N) is 2. The van der Waals surface area contributed by atoms with Gasteiger partial charge in [0.2, 0.25) is 15.9 Å². The van der Waals surface area contributed by atoms with Crippen molar-refractivity contribution in [3.8, 4) is 0 Å². The largest absolute Gasteiger partial charge is 0.468 e. The van der Waals surface area contributed by atoms with E-state index in [2.05, 4.69) is 15.0 Å². The molecule has 2 aromatic heterocycles. The summed E-state index contributed by atoms with van der Waals surface area (Å²) in [6.07, 6.45) is 4.45. The maximum absolute atomic E-state index is 12.3. The van der Waals surface area contributed by atoms with E-state index in [1.165, 1.54) is 35.8 Å². The molecule has 2 N–H and O–H groups in total. The Morgan fingerprint density at radius 2 is 2.04 bits per heavy atom. The zero-order chi connectivity index (χ0) is 19.3. The normalized spacial score (nSPS) is 11.7. The molecular weight excluding hydrogens is 386 g/mol. The van der Waals surface area contributed by atoms with Crippen LogP contribution in [0.15, 0.2) is 63.4 Å². The van der Waals surface area contributed by atoms with E-state index in [-0.39, 0.29) is 17.3 Å². The average Bonchev–Trinajstić information content (AvgIpc) is 3.30. The number of aryl methyl sites for hydroxylation is 1. The van der Waals surface area contributed by atoms with Crippen LogP contribution in [0.5, 0.6) is 0 Å². The molecule has 7 nitrogen and oxygen atoms in total. The van der Waals surface area contributed by atoms with Gasteiger partial charge in [0.1, 0.15) is 5.76 Å². The summed E-state index contributed by atoms with van der Waals surface area (Å²) in [5.74, 6) is 0.223. The average molecular weight is 403 g/mol. The molecular formula is C18H17N3O4S2. The van der Waals surface area contributed by atoms with Crippen molar-refractivity contribution < 1.29 is 17.6 Å². The van der Waals surface area contributed by atoms with Crippen molar-refractivity contribution >= 4 is 38.5 Å². The van der Waals surface area contributed by atoms with Crippen LogP contribution in [0.3, 0.4) is 0 Å². The molecule has 1 amide bonds. The molecule has 0 saturated heterocycles. The van der Waals surface area contributed by atoms with Crippen molar-refractivity contribution in [1.29, 1.82) is 0 Å². The molecule has 0 fully saturated rings. The molecule has 0 bridgehead atoms. The van der Waals surface area contributed by atoms with Gasteiger partial charge in [-0.15, -0.1) is 11.3 Å². The first-order valence-electron chi connectivity index (χ1n) is 7.96. The van der Waals surface area contributed by atoms with Crippen LogP contribution in [0.1, 0.15) is 17.0 Å². The van der Waals surface area contributed by atoms with E-state index >= 15 is 0 Å². The van der Waals surface area contributed by atoms with Gasteiger partial charge in [-0.05, 0) is 42.8 Å². The number of sulfonamides is 1. The van der Waals surface area contributed by atoms with E-state index in [1.54, 1.807) is 30.3 Å². The minimum absolute atomic E-state index is 0.0768. The van der Waals surface area contributed by atoms with Crippen molar-refractivity contribution in [3.63, 3.8) is 0 Å². The molecule has 3 rings (SSSR count). The van der Waals surface area contributed by atoms with Crippen LogP contribution in [0, 0.1) is 6.92 Å².